The van der Waals surface area contributed by atoms with Crippen LogP contribution in [0.15, 0.2) is 24.3 Å². The summed E-state index contributed by atoms with van der Waals surface area (Å²) < 4.78 is 0. The number of aryl methyl sites for hydroxylation is 1. The van der Waals surface area contributed by atoms with Crippen LogP contribution in [0.5, 0.6) is 0 Å². The third-order valence-electron chi connectivity index (χ3n) is 5.24. The van der Waals surface area contributed by atoms with Crippen LogP contribution in [0, 0.1) is 11.8 Å². The van der Waals surface area contributed by atoms with Gasteiger partial charge in [0.1, 0.15) is 10.6 Å². The van der Waals surface area contributed by atoms with E-state index in [1.54, 1.807) is 11.3 Å². The number of nitrogens with zero attached hydrogens (tertiary/aromatic N) is 3. The molecule has 3 rings (SSSR count). The second-order valence-electron chi connectivity index (χ2n) is 9.22. The number of thiophene rings is 1. The lowest BCUT2D eigenvalue weighted by molar-refractivity contribution is 0.550. The highest BCUT2D eigenvalue weighted by molar-refractivity contribution is 7.19. The molecule has 3 aromatic rings. The minimum absolute atomic E-state index is 0.334. The van der Waals surface area contributed by atoms with E-state index in [2.05, 4.69) is 82.6 Å². The minimum Gasteiger partial charge on any atom is -0.355 e. The van der Waals surface area contributed by atoms with Crippen molar-refractivity contribution in [2.75, 3.05) is 18.0 Å². The molecular formula is C25H34ClN3S. The van der Waals surface area contributed by atoms with Crippen molar-refractivity contribution < 1.29 is 0 Å². The third kappa shape index (κ3) is 4.97. The average molecular weight is 444 g/mol. The van der Waals surface area contributed by atoms with Crippen LogP contribution >= 0.6 is 22.9 Å². The van der Waals surface area contributed by atoms with Gasteiger partial charge in [-0.15, -0.1) is 11.3 Å². The predicted molar refractivity (Wildman–Crippen MR) is 133 cm³/mol. The van der Waals surface area contributed by atoms with Crippen LogP contribution in [0.25, 0.3) is 21.3 Å². The first-order valence-corrected chi connectivity index (χ1v) is 12.2. The van der Waals surface area contributed by atoms with Gasteiger partial charge in [-0.05, 0) is 46.9 Å². The first-order valence-electron chi connectivity index (χ1n) is 11.0. The molecule has 0 aliphatic heterocycles. The molecule has 3 nitrogen and oxygen atoms in total. The molecule has 162 valence electrons. The molecule has 0 spiro atoms. The lowest BCUT2D eigenvalue weighted by atomic mass is 9.97. The van der Waals surface area contributed by atoms with Gasteiger partial charge in [0.05, 0.1) is 5.39 Å². The van der Waals surface area contributed by atoms with Gasteiger partial charge in [0.2, 0.25) is 5.28 Å². The average Bonchev–Trinajstić information content (AvgIpc) is 3.04. The highest BCUT2D eigenvalue weighted by Crippen LogP contribution is 2.43. The molecule has 0 saturated heterocycles. The smallest absolute Gasteiger partial charge is 0.225 e. The van der Waals surface area contributed by atoms with Gasteiger partial charge >= 0.3 is 0 Å². The number of rotatable bonds is 8. The molecule has 30 heavy (non-hydrogen) atoms. The number of benzene rings is 1. The molecule has 0 N–H and O–H groups in total. The quantitative estimate of drug-likeness (QED) is 0.332. The Morgan fingerprint density at radius 2 is 1.53 bits per heavy atom. The Labute approximate surface area is 190 Å². The monoisotopic (exact) mass is 443 g/mol. The van der Waals surface area contributed by atoms with Crippen molar-refractivity contribution in [3.05, 3.63) is 40.0 Å². The van der Waals surface area contributed by atoms with Crippen molar-refractivity contribution in [3.63, 3.8) is 0 Å². The molecule has 1 aromatic carbocycles. The fourth-order valence-corrected chi connectivity index (χ4v) is 5.29. The van der Waals surface area contributed by atoms with Crippen molar-refractivity contribution >= 4 is 39.0 Å². The van der Waals surface area contributed by atoms with Gasteiger partial charge in [0.15, 0.2) is 0 Å². The highest BCUT2D eigenvalue weighted by Gasteiger charge is 2.23. The molecule has 0 aliphatic rings. The summed E-state index contributed by atoms with van der Waals surface area (Å²) >= 11 is 8.16. The lowest BCUT2D eigenvalue weighted by Crippen LogP contribution is -2.32. The maximum absolute atomic E-state index is 6.41. The van der Waals surface area contributed by atoms with E-state index in [4.69, 9.17) is 16.6 Å². The summed E-state index contributed by atoms with van der Waals surface area (Å²) in [4.78, 5) is 14.1. The summed E-state index contributed by atoms with van der Waals surface area (Å²) in [6, 6.07) is 9.01. The van der Waals surface area contributed by atoms with Crippen LogP contribution in [0.1, 0.15) is 64.8 Å². The highest BCUT2D eigenvalue weighted by atomic mass is 35.5. The van der Waals surface area contributed by atoms with Gasteiger partial charge in [-0.2, -0.15) is 4.98 Å². The summed E-state index contributed by atoms with van der Waals surface area (Å²) in [6.45, 7) is 17.6. The summed E-state index contributed by atoms with van der Waals surface area (Å²) in [5.41, 5.74) is 3.87. The van der Waals surface area contributed by atoms with E-state index in [9.17, 15) is 0 Å². The predicted octanol–water partition coefficient (Wildman–Crippen LogP) is 7.82. The molecular weight excluding hydrogens is 410 g/mol. The van der Waals surface area contributed by atoms with Crippen molar-refractivity contribution in [1.82, 2.24) is 9.97 Å². The molecule has 0 amide bonds. The van der Waals surface area contributed by atoms with E-state index < -0.39 is 0 Å². The van der Waals surface area contributed by atoms with Crippen LogP contribution in [0.4, 0.5) is 5.82 Å². The Morgan fingerprint density at radius 1 is 0.933 bits per heavy atom. The third-order valence-corrected chi connectivity index (χ3v) is 6.63. The Balaban J connectivity index is 2.26. The van der Waals surface area contributed by atoms with Crippen LogP contribution in [0.2, 0.25) is 5.28 Å². The second-order valence-corrected chi connectivity index (χ2v) is 10.6. The van der Waals surface area contributed by atoms with Gasteiger partial charge in [0, 0.05) is 23.5 Å². The van der Waals surface area contributed by atoms with Gasteiger partial charge in [-0.25, -0.2) is 4.98 Å². The van der Waals surface area contributed by atoms with E-state index in [0.29, 0.717) is 23.0 Å². The van der Waals surface area contributed by atoms with E-state index in [-0.39, 0.29) is 0 Å². The maximum Gasteiger partial charge on any atom is 0.225 e. The molecule has 0 atom stereocenters. The molecule has 0 saturated carbocycles. The summed E-state index contributed by atoms with van der Waals surface area (Å²) in [7, 11) is 0. The van der Waals surface area contributed by atoms with Crippen LogP contribution < -0.4 is 4.90 Å². The van der Waals surface area contributed by atoms with Crippen molar-refractivity contribution in [2.24, 2.45) is 11.8 Å². The summed E-state index contributed by atoms with van der Waals surface area (Å²) in [6.07, 6.45) is 0.966. The zero-order chi connectivity index (χ0) is 22.0. The van der Waals surface area contributed by atoms with Gasteiger partial charge in [0.25, 0.3) is 0 Å². The number of hydrogen-bond acceptors (Lipinski definition) is 4. The molecule has 2 heterocycles. The zero-order valence-corrected chi connectivity index (χ0v) is 20.9. The second kappa shape index (κ2) is 9.65. The van der Waals surface area contributed by atoms with Gasteiger partial charge in [-0.1, -0.05) is 72.7 Å². The molecule has 0 aliphatic carbocycles. The van der Waals surface area contributed by atoms with Crippen molar-refractivity contribution in [1.29, 1.82) is 0 Å². The SMILES string of the molecule is CCc1sc2nc(Cl)nc(N(CC(C)C)CC(C)C)c2c1-c1ccc(C(C)C)cc1. The number of hydrogen-bond donors (Lipinski definition) is 0. The van der Waals surface area contributed by atoms with E-state index in [1.807, 2.05) is 0 Å². The normalized spacial score (nSPS) is 12.0. The molecule has 5 heteroatoms. The standard InChI is InChI=1S/C25H34ClN3S/c1-8-20-21(19-11-9-18(10-12-19)17(6)7)22-23(27-25(26)28-24(22)30-20)29(13-15(2)3)14-16(4)5/h9-12,15-17H,8,13-14H2,1-7H3. The molecule has 0 radical (unpaired) electrons. The molecule has 0 fully saturated rings. The van der Waals surface area contributed by atoms with E-state index >= 15 is 0 Å². The van der Waals surface area contributed by atoms with Crippen LogP contribution in [0.3, 0.4) is 0 Å². The summed E-state index contributed by atoms with van der Waals surface area (Å²) in [5, 5.41) is 1.49. The largest absolute Gasteiger partial charge is 0.355 e. The number of fused-ring (bicyclic) bond motifs is 1. The number of anilines is 1. The number of halogens is 1. The maximum atomic E-state index is 6.41. The molecule has 2 aromatic heterocycles. The van der Waals surface area contributed by atoms with E-state index in [0.717, 1.165) is 35.5 Å². The minimum atomic E-state index is 0.334. The first-order chi connectivity index (χ1) is 14.2. The van der Waals surface area contributed by atoms with Gasteiger partial charge in [-0.3, -0.25) is 0 Å². The van der Waals surface area contributed by atoms with Crippen LogP contribution in [-0.2, 0) is 6.42 Å². The van der Waals surface area contributed by atoms with Crippen molar-refractivity contribution in [2.45, 2.75) is 60.8 Å². The Bertz CT molecular complexity index is 980. The fraction of sp³-hybridized carbons (Fsp3) is 0.520. The lowest BCUT2D eigenvalue weighted by Gasteiger charge is -2.28. The Kier molecular flexibility index (Phi) is 7.41. The van der Waals surface area contributed by atoms with Crippen molar-refractivity contribution in [3.8, 4) is 11.1 Å². The Hall–Kier alpha value is -1.65. The van der Waals surface area contributed by atoms with Gasteiger partial charge < -0.3 is 4.90 Å². The molecule has 0 unspecified atom stereocenters. The fourth-order valence-electron chi connectivity index (χ4n) is 3.95. The summed E-state index contributed by atoms with van der Waals surface area (Å²) in [5.74, 6) is 2.57. The van der Waals surface area contributed by atoms with E-state index in [1.165, 1.54) is 21.6 Å². The molecule has 0 bridgehead atoms. The zero-order valence-electron chi connectivity index (χ0n) is 19.3. The number of aromatic nitrogens is 2. The first kappa shape index (κ1) is 23.0. The van der Waals surface area contributed by atoms with Crippen LogP contribution in [-0.4, -0.2) is 23.1 Å². The Morgan fingerprint density at radius 3 is 2.03 bits per heavy atom. The topological polar surface area (TPSA) is 29.0 Å².